The molecule has 1 aromatic carbocycles. The Morgan fingerprint density at radius 3 is 2.62 bits per heavy atom. The molecule has 0 heterocycles. The van der Waals surface area contributed by atoms with Crippen LogP contribution in [-0.2, 0) is 16.0 Å². The normalized spacial score (nSPS) is 11.8. The second-order valence-corrected chi connectivity index (χ2v) is 3.66. The van der Waals surface area contributed by atoms with E-state index in [1.54, 1.807) is 31.2 Å². The van der Waals surface area contributed by atoms with Crippen LogP contribution in [-0.4, -0.2) is 23.3 Å². The van der Waals surface area contributed by atoms with Crippen LogP contribution in [0.15, 0.2) is 24.3 Å². The van der Waals surface area contributed by atoms with Crippen molar-refractivity contribution in [3.8, 4) is 5.75 Å². The molecule has 1 rings (SSSR count). The van der Waals surface area contributed by atoms with E-state index in [-0.39, 0.29) is 11.7 Å². The highest BCUT2D eigenvalue weighted by Gasteiger charge is 2.05. The van der Waals surface area contributed by atoms with Gasteiger partial charge in [-0.3, -0.25) is 4.79 Å². The van der Waals surface area contributed by atoms with Gasteiger partial charge >= 0.3 is 0 Å². The monoisotopic (exact) mass is 221 g/mol. The number of aldehydes is 1. The van der Waals surface area contributed by atoms with Crippen LogP contribution in [0.5, 0.6) is 5.75 Å². The molecule has 1 amide bonds. The van der Waals surface area contributed by atoms with E-state index >= 15 is 0 Å². The summed E-state index contributed by atoms with van der Waals surface area (Å²) in [5.41, 5.74) is 0.978. The Hall–Kier alpha value is -1.84. The molecule has 0 spiro atoms. The predicted molar refractivity (Wildman–Crippen MR) is 60.1 cm³/mol. The summed E-state index contributed by atoms with van der Waals surface area (Å²) in [4.78, 5) is 21.6. The molecule has 0 radical (unpaired) electrons. The van der Waals surface area contributed by atoms with E-state index in [2.05, 4.69) is 5.32 Å². The van der Waals surface area contributed by atoms with Gasteiger partial charge in [0, 0.05) is 6.42 Å². The Balaban J connectivity index is 2.37. The van der Waals surface area contributed by atoms with Crippen molar-refractivity contribution in [2.75, 3.05) is 0 Å². The molecule has 2 N–H and O–H groups in total. The Bertz CT molecular complexity index is 359. The van der Waals surface area contributed by atoms with Crippen LogP contribution in [0.25, 0.3) is 0 Å². The van der Waals surface area contributed by atoms with Gasteiger partial charge in [0.25, 0.3) is 0 Å². The first-order valence-corrected chi connectivity index (χ1v) is 5.14. The van der Waals surface area contributed by atoms with Gasteiger partial charge in [-0.1, -0.05) is 12.1 Å². The van der Waals surface area contributed by atoms with Crippen molar-refractivity contribution in [2.45, 2.75) is 25.8 Å². The summed E-state index contributed by atoms with van der Waals surface area (Å²) in [7, 11) is 0. The molecule has 0 aliphatic heterocycles. The lowest BCUT2D eigenvalue weighted by Gasteiger charge is -2.07. The summed E-state index contributed by atoms with van der Waals surface area (Å²) in [5, 5.41) is 11.6. The smallest absolute Gasteiger partial charge is 0.220 e. The first kappa shape index (κ1) is 12.2. The molecule has 0 aliphatic rings. The summed E-state index contributed by atoms with van der Waals surface area (Å²) in [6, 6.07) is 6.27. The third kappa shape index (κ3) is 4.13. The van der Waals surface area contributed by atoms with Gasteiger partial charge in [-0.25, -0.2) is 0 Å². The second-order valence-electron chi connectivity index (χ2n) is 3.66. The quantitative estimate of drug-likeness (QED) is 0.730. The van der Waals surface area contributed by atoms with Crippen LogP contribution in [0, 0.1) is 0 Å². The third-order valence-corrected chi connectivity index (χ3v) is 2.17. The minimum Gasteiger partial charge on any atom is -0.508 e. The fraction of sp³-hybridized carbons (Fsp3) is 0.333. The largest absolute Gasteiger partial charge is 0.508 e. The van der Waals surface area contributed by atoms with Gasteiger partial charge in [0.15, 0.2) is 0 Å². The lowest BCUT2D eigenvalue weighted by molar-refractivity contribution is -0.123. The summed E-state index contributed by atoms with van der Waals surface area (Å²) in [6.45, 7) is 1.63. The van der Waals surface area contributed by atoms with Gasteiger partial charge in [0.1, 0.15) is 12.0 Å². The summed E-state index contributed by atoms with van der Waals surface area (Å²) >= 11 is 0. The molecular formula is C12H15NO3. The topological polar surface area (TPSA) is 66.4 Å². The number of hydrogen-bond donors (Lipinski definition) is 2. The molecule has 4 nitrogen and oxygen atoms in total. The number of phenols is 1. The highest BCUT2D eigenvalue weighted by atomic mass is 16.3. The number of aryl methyl sites for hydroxylation is 1. The molecule has 0 saturated carbocycles. The Morgan fingerprint density at radius 2 is 2.06 bits per heavy atom. The Morgan fingerprint density at radius 1 is 1.44 bits per heavy atom. The molecular weight excluding hydrogens is 206 g/mol. The standard InChI is InChI=1S/C12H15NO3/c1-9(8-14)13-12(16)7-4-10-2-5-11(15)6-3-10/h2-3,5-6,8-9,15H,4,7H2,1H3,(H,13,16)/t9-/m0/s1. The van der Waals surface area contributed by atoms with E-state index < -0.39 is 6.04 Å². The fourth-order valence-corrected chi connectivity index (χ4v) is 1.28. The first-order chi connectivity index (χ1) is 7.61. The van der Waals surface area contributed by atoms with E-state index in [0.717, 1.165) is 5.56 Å². The van der Waals surface area contributed by atoms with Gasteiger partial charge in [0.05, 0.1) is 6.04 Å². The van der Waals surface area contributed by atoms with Crippen LogP contribution in [0.3, 0.4) is 0 Å². The number of hydrogen-bond acceptors (Lipinski definition) is 3. The second kappa shape index (κ2) is 5.90. The average Bonchev–Trinajstić information content (AvgIpc) is 2.28. The van der Waals surface area contributed by atoms with Gasteiger partial charge in [0.2, 0.25) is 5.91 Å². The lowest BCUT2D eigenvalue weighted by Crippen LogP contribution is -2.33. The third-order valence-electron chi connectivity index (χ3n) is 2.17. The molecule has 0 fully saturated rings. The van der Waals surface area contributed by atoms with Crippen molar-refractivity contribution in [1.29, 1.82) is 0 Å². The predicted octanol–water partition coefficient (Wildman–Crippen LogP) is 1.03. The minimum atomic E-state index is -0.438. The van der Waals surface area contributed by atoms with Crippen LogP contribution >= 0.6 is 0 Å². The molecule has 16 heavy (non-hydrogen) atoms. The number of carbonyl (C=O) groups is 2. The number of rotatable bonds is 5. The molecule has 0 aliphatic carbocycles. The Labute approximate surface area is 94.3 Å². The van der Waals surface area contributed by atoms with E-state index in [0.29, 0.717) is 19.1 Å². The zero-order chi connectivity index (χ0) is 12.0. The number of benzene rings is 1. The van der Waals surface area contributed by atoms with Crippen molar-refractivity contribution in [2.24, 2.45) is 0 Å². The van der Waals surface area contributed by atoms with Crippen molar-refractivity contribution in [1.82, 2.24) is 5.32 Å². The zero-order valence-electron chi connectivity index (χ0n) is 9.14. The average molecular weight is 221 g/mol. The van der Waals surface area contributed by atoms with Crippen LogP contribution in [0.2, 0.25) is 0 Å². The van der Waals surface area contributed by atoms with Crippen LogP contribution in [0.4, 0.5) is 0 Å². The maximum absolute atomic E-state index is 11.3. The SMILES string of the molecule is C[C@@H](C=O)NC(=O)CCc1ccc(O)cc1. The molecule has 0 saturated heterocycles. The van der Waals surface area contributed by atoms with Gasteiger partial charge in [-0.2, -0.15) is 0 Å². The number of nitrogens with one attached hydrogen (secondary N) is 1. The van der Waals surface area contributed by atoms with E-state index in [1.165, 1.54) is 0 Å². The number of phenolic OH excluding ortho intramolecular Hbond substituents is 1. The van der Waals surface area contributed by atoms with E-state index in [4.69, 9.17) is 5.11 Å². The molecule has 1 atom stereocenters. The van der Waals surface area contributed by atoms with E-state index in [9.17, 15) is 9.59 Å². The fourth-order valence-electron chi connectivity index (χ4n) is 1.28. The minimum absolute atomic E-state index is 0.146. The maximum Gasteiger partial charge on any atom is 0.220 e. The number of amides is 1. The summed E-state index contributed by atoms with van der Waals surface area (Å²) in [6.07, 6.45) is 1.62. The highest BCUT2D eigenvalue weighted by Crippen LogP contribution is 2.10. The summed E-state index contributed by atoms with van der Waals surface area (Å²) in [5.74, 6) is 0.0652. The highest BCUT2D eigenvalue weighted by molar-refractivity contribution is 5.79. The molecule has 0 aromatic heterocycles. The van der Waals surface area contributed by atoms with Gasteiger partial charge < -0.3 is 15.2 Å². The van der Waals surface area contributed by atoms with Gasteiger partial charge in [-0.05, 0) is 31.0 Å². The van der Waals surface area contributed by atoms with Crippen LogP contribution < -0.4 is 5.32 Å². The Kier molecular flexibility index (Phi) is 4.51. The molecule has 86 valence electrons. The lowest BCUT2D eigenvalue weighted by atomic mass is 10.1. The molecule has 1 aromatic rings. The van der Waals surface area contributed by atoms with Gasteiger partial charge in [-0.15, -0.1) is 0 Å². The number of carbonyl (C=O) groups excluding carboxylic acids is 2. The maximum atomic E-state index is 11.3. The van der Waals surface area contributed by atoms with Crippen molar-refractivity contribution in [3.05, 3.63) is 29.8 Å². The number of aromatic hydroxyl groups is 1. The molecule has 0 unspecified atom stereocenters. The molecule has 0 bridgehead atoms. The van der Waals surface area contributed by atoms with Crippen molar-refractivity contribution >= 4 is 12.2 Å². The summed E-state index contributed by atoms with van der Waals surface area (Å²) < 4.78 is 0. The first-order valence-electron chi connectivity index (χ1n) is 5.14. The van der Waals surface area contributed by atoms with E-state index in [1.807, 2.05) is 0 Å². The molecule has 4 heteroatoms. The van der Waals surface area contributed by atoms with Crippen molar-refractivity contribution < 1.29 is 14.7 Å². The van der Waals surface area contributed by atoms with Crippen LogP contribution in [0.1, 0.15) is 18.9 Å². The van der Waals surface area contributed by atoms with Crippen molar-refractivity contribution in [3.63, 3.8) is 0 Å². The zero-order valence-corrected chi connectivity index (χ0v) is 9.14.